The van der Waals surface area contributed by atoms with Crippen molar-refractivity contribution in [2.45, 2.75) is 19.1 Å². The topological polar surface area (TPSA) is 64.7 Å². The van der Waals surface area contributed by atoms with E-state index in [4.69, 9.17) is 15.2 Å². The molecule has 17 heavy (non-hydrogen) atoms. The molecule has 1 aromatic carbocycles. The van der Waals surface area contributed by atoms with Gasteiger partial charge in [-0.05, 0) is 40.5 Å². The lowest BCUT2D eigenvalue weighted by Crippen LogP contribution is -2.23. The molecule has 0 bridgehead atoms. The van der Waals surface area contributed by atoms with Crippen LogP contribution in [0.15, 0.2) is 16.6 Å². The first-order chi connectivity index (χ1) is 7.51. The summed E-state index contributed by atoms with van der Waals surface area (Å²) in [6, 6.07) is 3.10. The number of nitrogens with two attached hydrogens (primary N) is 1. The first-order valence-electron chi connectivity index (χ1n) is 4.86. The van der Waals surface area contributed by atoms with Crippen molar-refractivity contribution in [2.75, 3.05) is 14.2 Å². The van der Waals surface area contributed by atoms with Crippen LogP contribution >= 0.6 is 28.3 Å². The van der Waals surface area contributed by atoms with Gasteiger partial charge < -0.3 is 20.3 Å². The van der Waals surface area contributed by atoms with E-state index in [9.17, 15) is 5.11 Å². The molecule has 4 nitrogen and oxygen atoms in total. The fourth-order valence-electron chi connectivity index (χ4n) is 1.36. The Morgan fingerprint density at radius 2 is 1.65 bits per heavy atom. The van der Waals surface area contributed by atoms with Gasteiger partial charge in [0.25, 0.3) is 0 Å². The van der Waals surface area contributed by atoms with Gasteiger partial charge in [0.05, 0.1) is 26.4 Å². The molecule has 0 fully saturated rings. The van der Waals surface area contributed by atoms with Crippen LogP contribution in [0.1, 0.15) is 18.5 Å². The van der Waals surface area contributed by atoms with E-state index in [2.05, 4.69) is 15.9 Å². The molecule has 6 heteroatoms. The van der Waals surface area contributed by atoms with Gasteiger partial charge in [-0.1, -0.05) is 0 Å². The van der Waals surface area contributed by atoms with Crippen LogP contribution in [-0.2, 0) is 0 Å². The van der Waals surface area contributed by atoms with E-state index in [1.165, 1.54) is 0 Å². The minimum absolute atomic E-state index is 0. The summed E-state index contributed by atoms with van der Waals surface area (Å²) in [5.74, 6) is 1.26. The summed E-state index contributed by atoms with van der Waals surface area (Å²) < 4.78 is 11.1. The molecule has 98 valence electrons. The van der Waals surface area contributed by atoms with Gasteiger partial charge in [0.1, 0.15) is 16.0 Å². The van der Waals surface area contributed by atoms with Crippen LogP contribution < -0.4 is 15.2 Å². The highest BCUT2D eigenvalue weighted by Gasteiger charge is 2.17. The number of benzene rings is 1. The summed E-state index contributed by atoms with van der Waals surface area (Å²) in [5.41, 5.74) is 6.63. The Morgan fingerprint density at radius 3 is 1.94 bits per heavy atom. The number of hydrogen-bond acceptors (Lipinski definition) is 4. The second kappa shape index (κ2) is 7.06. The number of halogens is 2. The standard InChI is InChI=1S/C11H16BrNO3.ClH/c1-6(14)11(13)7-4-8(15-2)10(12)9(5-7)16-3;/h4-6,11,14H,13H2,1-3H3;1H/t6-,11-;/m0./s1. The van der Waals surface area contributed by atoms with Crippen LogP contribution in [-0.4, -0.2) is 25.4 Å². The Labute approximate surface area is 116 Å². The molecule has 0 radical (unpaired) electrons. The van der Waals surface area contributed by atoms with E-state index < -0.39 is 12.1 Å². The summed E-state index contributed by atoms with van der Waals surface area (Å²) in [7, 11) is 3.13. The third-order valence-corrected chi connectivity index (χ3v) is 3.15. The lowest BCUT2D eigenvalue weighted by atomic mass is 10.0. The Kier molecular flexibility index (Phi) is 6.85. The highest BCUT2D eigenvalue weighted by molar-refractivity contribution is 9.10. The normalized spacial score (nSPS) is 13.5. The minimum Gasteiger partial charge on any atom is -0.495 e. The number of methoxy groups -OCH3 is 2. The number of ether oxygens (including phenoxy) is 2. The van der Waals surface area contributed by atoms with E-state index in [0.29, 0.717) is 11.5 Å². The Hall–Kier alpha value is -0.490. The van der Waals surface area contributed by atoms with Gasteiger partial charge >= 0.3 is 0 Å². The second-order valence-corrected chi connectivity index (χ2v) is 4.30. The van der Waals surface area contributed by atoms with Crippen LogP contribution in [0.4, 0.5) is 0 Å². The van der Waals surface area contributed by atoms with E-state index in [0.717, 1.165) is 10.0 Å². The van der Waals surface area contributed by atoms with Crippen LogP contribution in [0, 0.1) is 0 Å². The molecule has 0 aromatic heterocycles. The van der Waals surface area contributed by atoms with Crippen molar-refractivity contribution >= 4 is 28.3 Å². The molecule has 0 amide bonds. The van der Waals surface area contributed by atoms with E-state index >= 15 is 0 Å². The van der Waals surface area contributed by atoms with Crippen LogP contribution in [0.3, 0.4) is 0 Å². The minimum atomic E-state index is -0.629. The molecule has 3 N–H and O–H groups in total. The van der Waals surface area contributed by atoms with Gasteiger partial charge in [0.15, 0.2) is 0 Å². The highest BCUT2D eigenvalue weighted by Crippen LogP contribution is 2.37. The maximum absolute atomic E-state index is 9.45. The molecule has 1 aromatic rings. The molecule has 0 saturated carbocycles. The van der Waals surface area contributed by atoms with Crippen molar-refractivity contribution < 1.29 is 14.6 Å². The van der Waals surface area contributed by atoms with Crippen molar-refractivity contribution in [3.05, 3.63) is 22.2 Å². The lowest BCUT2D eigenvalue weighted by Gasteiger charge is -2.18. The molecule has 0 aliphatic carbocycles. The average Bonchev–Trinajstić information content (AvgIpc) is 2.28. The third-order valence-electron chi connectivity index (χ3n) is 2.37. The summed E-state index contributed by atoms with van der Waals surface area (Å²) in [6.45, 7) is 1.64. The molecule has 0 spiro atoms. The van der Waals surface area contributed by atoms with Crippen LogP contribution in [0.5, 0.6) is 11.5 Å². The maximum Gasteiger partial charge on any atom is 0.137 e. The molecule has 0 aliphatic heterocycles. The molecule has 2 atom stereocenters. The molecular formula is C11H17BrClNO3. The number of aliphatic hydroxyl groups is 1. The lowest BCUT2D eigenvalue weighted by molar-refractivity contribution is 0.164. The molecule has 0 saturated heterocycles. The van der Waals surface area contributed by atoms with Gasteiger partial charge in [0.2, 0.25) is 0 Å². The zero-order valence-electron chi connectivity index (χ0n) is 9.94. The molecule has 0 heterocycles. The number of rotatable bonds is 4. The fourth-order valence-corrected chi connectivity index (χ4v) is 1.91. The van der Waals surface area contributed by atoms with Gasteiger partial charge in [-0.2, -0.15) is 0 Å². The zero-order chi connectivity index (χ0) is 12.3. The predicted molar refractivity (Wildman–Crippen MR) is 73.1 cm³/mol. The van der Waals surface area contributed by atoms with E-state index in [1.807, 2.05) is 0 Å². The Morgan fingerprint density at radius 1 is 1.24 bits per heavy atom. The quantitative estimate of drug-likeness (QED) is 0.891. The third kappa shape index (κ3) is 3.74. The number of aliphatic hydroxyl groups excluding tert-OH is 1. The molecule has 0 aliphatic rings. The SMILES string of the molecule is COc1cc([C@@H](N)[C@H](C)O)cc(OC)c1Br.Cl. The monoisotopic (exact) mass is 325 g/mol. The summed E-state index contributed by atoms with van der Waals surface area (Å²) in [6.07, 6.45) is -0.629. The van der Waals surface area contributed by atoms with Gasteiger partial charge in [-0.25, -0.2) is 0 Å². The Balaban J connectivity index is 0.00000256. The van der Waals surface area contributed by atoms with Crippen LogP contribution in [0.25, 0.3) is 0 Å². The van der Waals surface area contributed by atoms with E-state index in [1.54, 1.807) is 33.3 Å². The predicted octanol–water partition coefficient (Wildman–Crippen LogP) is 2.27. The van der Waals surface area contributed by atoms with Crippen molar-refractivity contribution in [1.82, 2.24) is 0 Å². The summed E-state index contributed by atoms with van der Waals surface area (Å²) >= 11 is 3.37. The van der Waals surface area contributed by atoms with Crippen molar-refractivity contribution in [3.63, 3.8) is 0 Å². The van der Waals surface area contributed by atoms with Gasteiger partial charge in [0, 0.05) is 0 Å². The molecular weight excluding hydrogens is 309 g/mol. The zero-order valence-corrected chi connectivity index (χ0v) is 12.3. The summed E-state index contributed by atoms with van der Waals surface area (Å²) in [4.78, 5) is 0. The van der Waals surface area contributed by atoms with Gasteiger partial charge in [-0.15, -0.1) is 12.4 Å². The Bertz CT molecular complexity index is 349. The number of hydrogen-bond donors (Lipinski definition) is 2. The maximum atomic E-state index is 9.45. The average molecular weight is 327 g/mol. The largest absolute Gasteiger partial charge is 0.495 e. The second-order valence-electron chi connectivity index (χ2n) is 3.51. The smallest absolute Gasteiger partial charge is 0.137 e. The van der Waals surface area contributed by atoms with Crippen molar-refractivity contribution in [3.8, 4) is 11.5 Å². The van der Waals surface area contributed by atoms with Crippen molar-refractivity contribution in [2.24, 2.45) is 5.73 Å². The van der Waals surface area contributed by atoms with Gasteiger partial charge in [-0.3, -0.25) is 0 Å². The van der Waals surface area contributed by atoms with E-state index in [-0.39, 0.29) is 12.4 Å². The molecule has 0 unspecified atom stereocenters. The molecule has 1 rings (SSSR count). The first kappa shape index (κ1) is 16.5. The highest BCUT2D eigenvalue weighted by atomic mass is 79.9. The van der Waals surface area contributed by atoms with Crippen molar-refractivity contribution in [1.29, 1.82) is 0 Å². The van der Waals surface area contributed by atoms with Crippen LogP contribution in [0.2, 0.25) is 0 Å². The summed E-state index contributed by atoms with van der Waals surface area (Å²) in [5, 5.41) is 9.45. The fraction of sp³-hybridized carbons (Fsp3) is 0.455. The first-order valence-corrected chi connectivity index (χ1v) is 5.65.